The van der Waals surface area contributed by atoms with Crippen molar-refractivity contribution < 1.29 is 13.5 Å². The molecule has 0 radical (unpaired) electrons. The zero-order valence-electron chi connectivity index (χ0n) is 10.2. The Morgan fingerprint density at radius 3 is 2.56 bits per heavy atom. The molecule has 0 saturated heterocycles. The van der Waals surface area contributed by atoms with Crippen LogP contribution in [0.5, 0.6) is 5.75 Å². The average Bonchev–Trinajstić information content (AvgIpc) is 2.24. The van der Waals surface area contributed by atoms with E-state index >= 15 is 0 Å². The summed E-state index contributed by atoms with van der Waals surface area (Å²) in [4.78, 5) is 0. The highest BCUT2D eigenvalue weighted by Gasteiger charge is 2.53. The third-order valence-electron chi connectivity index (χ3n) is 3.35. The van der Waals surface area contributed by atoms with E-state index in [1.165, 1.54) is 0 Å². The zero-order chi connectivity index (χ0) is 13.4. The molecule has 0 bridgehead atoms. The van der Waals surface area contributed by atoms with Gasteiger partial charge in [-0.05, 0) is 30.5 Å². The van der Waals surface area contributed by atoms with E-state index in [0.29, 0.717) is 23.6 Å². The van der Waals surface area contributed by atoms with E-state index in [1.54, 1.807) is 19.2 Å². The Hall–Kier alpha value is -0.870. The Bertz CT molecular complexity index is 443. The lowest BCUT2D eigenvalue weighted by Crippen LogP contribution is -2.58. The quantitative estimate of drug-likeness (QED) is 0.914. The number of rotatable bonds is 4. The summed E-state index contributed by atoms with van der Waals surface area (Å²) in [6.45, 7) is 0. The molecule has 1 fully saturated rings. The number of alkyl halides is 2. The molecule has 1 aromatic carbocycles. The molecule has 0 unspecified atom stereocenters. The van der Waals surface area contributed by atoms with Crippen LogP contribution in [0.25, 0.3) is 0 Å². The summed E-state index contributed by atoms with van der Waals surface area (Å²) in [6.07, 6.45) is 0.759. The highest BCUT2D eigenvalue weighted by Crippen LogP contribution is 2.46. The number of ether oxygens (including phenoxy) is 1. The Balaban J connectivity index is 1.93. The number of nitrogens with two attached hydrogens (primary N) is 1. The van der Waals surface area contributed by atoms with Crippen LogP contribution in [0.2, 0.25) is 5.02 Å². The molecule has 2 N–H and O–H groups in total. The number of aryl methyl sites for hydroxylation is 1. The molecule has 2 rings (SSSR count). The van der Waals surface area contributed by atoms with Crippen LogP contribution in [0, 0.1) is 0 Å². The Morgan fingerprint density at radius 2 is 2.06 bits per heavy atom. The van der Waals surface area contributed by atoms with E-state index in [4.69, 9.17) is 22.1 Å². The first-order chi connectivity index (χ1) is 8.34. The molecule has 2 nitrogen and oxygen atoms in total. The lowest BCUT2D eigenvalue weighted by atomic mass is 9.71. The van der Waals surface area contributed by atoms with Gasteiger partial charge in [-0.1, -0.05) is 17.7 Å². The van der Waals surface area contributed by atoms with Crippen molar-refractivity contribution in [2.24, 2.45) is 5.73 Å². The molecule has 0 atom stereocenters. The molecule has 1 aliphatic rings. The minimum absolute atomic E-state index is 0.218. The van der Waals surface area contributed by atoms with E-state index in [0.717, 1.165) is 5.56 Å². The van der Waals surface area contributed by atoms with Crippen molar-refractivity contribution in [3.05, 3.63) is 28.8 Å². The molecular weight excluding hydrogens is 260 g/mol. The second kappa shape index (κ2) is 4.67. The topological polar surface area (TPSA) is 35.2 Å². The van der Waals surface area contributed by atoms with Crippen molar-refractivity contribution in [3.63, 3.8) is 0 Å². The monoisotopic (exact) mass is 275 g/mol. The average molecular weight is 276 g/mol. The summed E-state index contributed by atoms with van der Waals surface area (Å²) in [5, 5.41) is 0.528. The first kappa shape index (κ1) is 13.6. The maximum atomic E-state index is 12.8. The molecule has 1 saturated carbocycles. The summed E-state index contributed by atoms with van der Waals surface area (Å²) < 4.78 is 30.7. The maximum Gasteiger partial charge on any atom is 0.251 e. The van der Waals surface area contributed by atoms with Crippen LogP contribution >= 0.6 is 11.6 Å². The fourth-order valence-electron chi connectivity index (χ4n) is 2.41. The third kappa shape index (κ3) is 2.93. The second-order valence-corrected chi connectivity index (χ2v) is 5.45. The summed E-state index contributed by atoms with van der Waals surface area (Å²) in [5.41, 5.74) is 6.14. The normalized spacial score (nSPS) is 20.3. The summed E-state index contributed by atoms with van der Waals surface area (Å²) >= 11 is 6.00. The largest absolute Gasteiger partial charge is 0.495 e. The van der Waals surface area contributed by atoms with Gasteiger partial charge in [0.25, 0.3) is 5.92 Å². The van der Waals surface area contributed by atoms with E-state index in [1.807, 2.05) is 6.07 Å². The molecule has 0 aliphatic heterocycles. The van der Waals surface area contributed by atoms with Gasteiger partial charge < -0.3 is 10.5 Å². The zero-order valence-corrected chi connectivity index (χ0v) is 10.9. The fraction of sp³-hybridized carbons (Fsp3) is 0.538. The molecular formula is C13H16ClF2NO. The van der Waals surface area contributed by atoms with Crippen molar-refractivity contribution in [3.8, 4) is 5.75 Å². The van der Waals surface area contributed by atoms with Crippen molar-refractivity contribution in [2.75, 3.05) is 7.11 Å². The molecule has 1 aromatic rings. The van der Waals surface area contributed by atoms with Crippen molar-refractivity contribution in [2.45, 2.75) is 37.1 Å². The number of halogens is 3. The number of hydrogen-bond acceptors (Lipinski definition) is 2. The van der Waals surface area contributed by atoms with Crippen LogP contribution in [0.4, 0.5) is 8.78 Å². The predicted octanol–water partition coefficient (Wildman–Crippen LogP) is 3.41. The molecule has 0 aromatic heterocycles. The first-order valence-corrected chi connectivity index (χ1v) is 6.21. The molecule has 18 heavy (non-hydrogen) atoms. The predicted molar refractivity (Wildman–Crippen MR) is 67.4 cm³/mol. The lowest BCUT2D eigenvalue weighted by molar-refractivity contribution is -0.124. The Morgan fingerprint density at radius 1 is 1.39 bits per heavy atom. The number of benzene rings is 1. The van der Waals surface area contributed by atoms with E-state index in [-0.39, 0.29) is 12.8 Å². The lowest BCUT2D eigenvalue weighted by Gasteiger charge is -2.44. The fourth-order valence-corrected chi connectivity index (χ4v) is 2.69. The number of hydrogen-bond donors (Lipinski definition) is 1. The molecule has 5 heteroatoms. The van der Waals surface area contributed by atoms with Gasteiger partial charge in [0.15, 0.2) is 0 Å². The number of methoxy groups -OCH3 is 1. The Labute approximate surface area is 110 Å². The van der Waals surface area contributed by atoms with Crippen LogP contribution in [-0.2, 0) is 6.42 Å². The first-order valence-electron chi connectivity index (χ1n) is 5.83. The van der Waals surface area contributed by atoms with Crippen molar-refractivity contribution >= 4 is 11.6 Å². The van der Waals surface area contributed by atoms with E-state index in [2.05, 4.69) is 0 Å². The van der Waals surface area contributed by atoms with Gasteiger partial charge in [0.2, 0.25) is 0 Å². The maximum absolute atomic E-state index is 12.8. The minimum atomic E-state index is -2.58. The van der Waals surface area contributed by atoms with Gasteiger partial charge in [-0.25, -0.2) is 8.78 Å². The van der Waals surface area contributed by atoms with Gasteiger partial charge in [-0.3, -0.25) is 0 Å². The highest BCUT2D eigenvalue weighted by molar-refractivity contribution is 6.32. The second-order valence-electron chi connectivity index (χ2n) is 5.04. The SMILES string of the molecule is COc1ccc(CCC2(N)CC(F)(F)C2)cc1Cl. The van der Waals surface area contributed by atoms with Crippen molar-refractivity contribution in [1.29, 1.82) is 0 Å². The molecule has 0 amide bonds. The van der Waals surface area contributed by atoms with Crippen LogP contribution in [0.3, 0.4) is 0 Å². The van der Waals surface area contributed by atoms with Crippen LogP contribution in [-0.4, -0.2) is 18.6 Å². The standard InChI is InChI=1S/C13H16ClF2NO/c1-18-11-3-2-9(6-10(11)14)4-5-12(17)7-13(15,16)8-12/h2-3,6H,4-5,7-8,17H2,1H3. The summed E-state index contributed by atoms with van der Waals surface area (Å²) in [7, 11) is 1.55. The van der Waals surface area contributed by atoms with Gasteiger partial charge in [0.1, 0.15) is 5.75 Å². The van der Waals surface area contributed by atoms with Gasteiger partial charge >= 0.3 is 0 Å². The summed E-state index contributed by atoms with van der Waals surface area (Å²) in [6, 6.07) is 5.45. The van der Waals surface area contributed by atoms with Gasteiger partial charge in [-0.15, -0.1) is 0 Å². The van der Waals surface area contributed by atoms with Crippen LogP contribution in [0.15, 0.2) is 18.2 Å². The molecule has 100 valence electrons. The van der Waals surface area contributed by atoms with Crippen LogP contribution < -0.4 is 10.5 Å². The minimum Gasteiger partial charge on any atom is -0.495 e. The smallest absolute Gasteiger partial charge is 0.251 e. The van der Waals surface area contributed by atoms with E-state index < -0.39 is 11.5 Å². The van der Waals surface area contributed by atoms with Crippen LogP contribution in [0.1, 0.15) is 24.8 Å². The van der Waals surface area contributed by atoms with Crippen molar-refractivity contribution in [1.82, 2.24) is 0 Å². The molecule has 0 heterocycles. The van der Waals surface area contributed by atoms with Gasteiger partial charge in [0.05, 0.1) is 12.1 Å². The molecule has 1 aliphatic carbocycles. The summed E-state index contributed by atoms with van der Waals surface area (Å²) in [5.74, 6) is -1.97. The highest BCUT2D eigenvalue weighted by atomic mass is 35.5. The van der Waals surface area contributed by atoms with E-state index in [9.17, 15) is 8.78 Å². The Kier molecular flexibility index (Phi) is 3.52. The third-order valence-corrected chi connectivity index (χ3v) is 3.64. The van der Waals surface area contributed by atoms with Gasteiger partial charge in [0, 0.05) is 18.4 Å². The van der Waals surface area contributed by atoms with Gasteiger partial charge in [-0.2, -0.15) is 0 Å². The molecule has 0 spiro atoms.